The van der Waals surface area contributed by atoms with Crippen LogP contribution in [0.5, 0.6) is 0 Å². The molecule has 168 valence electrons. The topological polar surface area (TPSA) is 81.3 Å². The molecule has 5 rings (SSSR count). The number of pyridine rings is 2. The summed E-state index contributed by atoms with van der Waals surface area (Å²) in [6, 6.07) is 11.3. The van der Waals surface area contributed by atoms with Gasteiger partial charge in [-0.3, -0.25) is 9.78 Å². The molecule has 1 saturated heterocycles. The van der Waals surface area contributed by atoms with Crippen molar-refractivity contribution < 1.29 is 22.7 Å². The molecule has 3 heterocycles. The van der Waals surface area contributed by atoms with E-state index in [0.29, 0.717) is 35.6 Å². The van der Waals surface area contributed by atoms with Crippen LogP contribution in [-0.2, 0) is 10.9 Å². The molecule has 1 aliphatic heterocycles. The summed E-state index contributed by atoms with van der Waals surface area (Å²) in [7, 11) is 0. The Morgan fingerprint density at radius 2 is 1.85 bits per heavy atom. The summed E-state index contributed by atoms with van der Waals surface area (Å²) in [5, 5.41) is 2.28. The second kappa shape index (κ2) is 8.00. The van der Waals surface area contributed by atoms with Gasteiger partial charge < -0.3 is 15.4 Å². The Labute approximate surface area is 186 Å². The third-order valence-corrected chi connectivity index (χ3v) is 5.88. The number of morpholine rings is 1. The van der Waals surface area contributed by atoms with Gasteiger partial charge in [-0.05, 0) is 42.0 Å². The van der Waals surface area contributed by atoms with E-state index in [1.54, 1.807) is 41.6 Å². The van der Waals surface area contributed by atoms with Crippen molar-refractivity contribution in [2.24, 2.45) is 0 Å². The molecule has 1 atom stereocenters. The number of amides is 1. The number of hydrogen-bond acceptors (Lipinski definition) is 5. The molecule has 0 radical (unpaired) electrons. The van der Waals surface area contributed by atoms with Crippen LogP contribution in [0.25, 0.3) is 21.7 Å². The Morgan fingerprint density at radius 1 is 1.06 bits per heavy atom. The number of alkyl halides is 3. The number of rotatable bonds is 2. The smallest absolute Gasteiger partial charge is 0.383 e. The normalized spacial score (nSPS) is 16.9. The van der Waals surface area contributed by atoms with Crippen LogP contribution < -0.4 is 5.73 Å². The lowest BCUT2D eigenvalue weighted by Gasteiger charge is -2.36. The van der Waals surface area contributed by atoms with Gasteiger partial charge >= 0.3 is 6.18 Å². The molecule has 33 heavy (non-hydrogen) atoms. The molecule has 0 bridgehead atoms. The van der Waals surface area contributed by atoms with Crippen molar-refractivity contribution in [3.8, 4) is 0 Å². The monoisotopic (exact) mass is 452 g/mol. The first-order valence-electron chi connectivity index (χ1n) is 10.3. The van der Waals surface area contributed by atoms with E-state index in [2.05, 4.69) is 9.97 Å². The number of nitrogen functional groups attached to an aromatic ring is 1. The van der Waals surface area contributed by atoms with Crippen LogP contribution >= 0.6 is 0 Å². The van der Waals surface area contributed by atoms with Crippen molar-refractivity contribution in [3.63, 3.8) is 0 Å². The third-order valence-electron chi connectivity index (χ3n) is 5.88. The standard InChI is InChI=1S/C24H19F3N4O2/c25-24(26,27)16-4-1-14(2-5-16)21-13-33-10-9-31(21)23(32)15-3-6-20-18(11-15)19-12-29-8-7-17(19)22(28)30-20/h1-8,11-12,21H,9-10,13H2,(H2,28,30)/t21-/m1/s1. The number of benzene rings is 2. The number of fused-ring (bicyclic) bond motifs is 3. The highest BCUT2D eigenvalue weighted by Crippen LogP contribution is 2.33. The average Bonchev–Trinajstić information content (AvgIpc) is 2.83. The van der Waals surface area contributed by atoms with Crippen LogP contribution in [0.3, 0.4) is 0 Å². The van der Waals surface area contributed by atoms with Crippen molar-refractivity contribution in [2.75, 3.05) is 25.5 Å². The van der Waals surface area contributed by atoms with Crippen molar-refractivity contribution in [1.82, 2.24) is 14.9 Å². The van der Waals surface area contributed by atoms with Gasteiger partial charge in [-0.15, -0.1) is 0 Å². The van der Waals surface area contributed by atoms with Crippen LogP contribution in [0.15, 0.2) is 60.9 Å². The molecule has 0 aliphatic carbocycles. The van der Waals surface area contributed by atoms with E-state index in [1.807, 2.05) is 0 Å². The summed E-state index contributed by atoms with van der Waals surface area (Å²) < 4.78 is 44.4. The van der Waals surface area contributed by atoms with Crippen LogP contribution in [0.1, 0.15) is 27.5 Å². The fourth-order valence-electron chi connectivity index (χ4n) is 4.19. The zero-order valence-electron chi connectivity index (χ0n) is 17.3. The number of ether oxygens (including phenoxy) is 1. The van der Waals surface area contributed by atoms with E-state index in [4.69, 9.17) is 10.5 Å². The van der Waals surface area contributed by atoms with Crippen LogP contribution in [0, 0.1) is 0 Å². The van der Waals surface area contributed by atoms with Crippen molar-refractivity contribution in [1.29, 1.82) is 0 Å². The van der Waals surface area contributed by atoms with Gasteiger partial charge in [0.05, 0.1) is 30.3 Å². The van der Waals surface area contributed by atoms with E-state index in [1.165, 1.54) is 12.1 Å². The highest BCUT2D eigenvalue weighted by atomic mass is 19.4. The molecule has 0 spiro atoms. The molecular weight excluding hydrogens is 433 g/mol. The number of carbonyl (C=O) groups excluding carboxylic acids is 1. The summed E-state index contributed by atoms with van der Waals surface area (Å²) in [5.41, 5.74) is 7.00. The molecule has 0 saturated carbocycles. The molecule has 2 aromatic heterocycles. The number of anilines is 1. The SMILES string of the molecule is Nc1nc2ccc(C(=O)N3CCOC[C@@H]3c3ccc(C(F)(F)F)cc3)cc2c2cnccc12. The number of halogens is 3. The number of nitrogens with two attached hydrogens (primary N) is 1. The lowest BCUT2D eigenvalue weighted by atomic mass is 10.0. The summed E-state index contributed by atoms with van der Waals surface area (Å²) in [6.45, 7) is 0.877. The fourth-order valence-corrected chi connectivity index (χ4v) is 4.19. The zero-order chi connectivity index (χ0) is 23.2. The Hall–Kier alpha value is -3.72. The largest absolute Gasteiger partial charge is 0.416 e. The van der Waals surface area contributed by atoms with Crippen LogP contribution in [-0.4, -0.2) is 40.5 Å². The lowest BCUT2D eigenvalue weighted by Crippen LogP contribution is -2.43. The van der Waals surface area contributed by atoms with Gasteiger partial charge in [0.15, 0.2) is 0 Å². The minimum absolute atomic E-state index is 0.204. The summed E-state index contributed by atoms with van der Waals surface area (Å²) >= 11 is 0. The molecule has 1 fully saturated rings. The lowest BCUT2D eigenvalue weighted by molar-refractivity contribution is -0.137. The molecule has 1 amide bonds. The average molecular weight is 452 g/mol. The highest BCUT2D eigenvalue weighted by molar-refractivity contribution is 6.11. The second-order valence-electron chi connectivity index (χ2n) is 7.86. The first kappa shape index (κ1) is 21.1. The Morgan fingerprint density at radius 3 is 2.61 bits per heavy atom. The molecule has 4 aromatic rings. The molecular formula is C24H19F3N4O2. The number of aromatic nitrogens is 2. The van der Waals surface area contributed by atoms with E-state index in [-0.39, 0.29) is 12.5 Å². The molecule has 6 nitrogen and oxygen atoms in total. The molecule has 2 N–H and O–H groups in total. The maximum atomic E-state index is 13.5. The Bertz CT molecular complexity index is 1360. The van der Waals surface area contributed by atoms with E-state index < -0.39 is 17.8 Å². The van der Waals surface area contributed by atoms with Crippen molar-refractivity contribution in [3.05, 3.63) is 77.6 Å². The molecule has 9 heteroatoms. The van der Waals surface area contributed by atoms with Gasteiger partial charge in [0.2, 0.25) is 0 Å². The molecule has 1 aliphatic rings. The third kappa shape index (κ3) is 3.84. The zero-order valence-corrected chi connectivity index (χ0v) is 17.3. The van der Waals surface area contributed by atoms with Gasteiger partial charge in [-0.25, -0.2) is 4.98 Å². The second-order valence-corrected chi connectivity index (χ2v) is 7.86. The van der Waals surface area contributed by atoms with E-state index >= 15 is 0 Å². The van der Waals surface area contributed by atoms with Gasteiger partial charge in [0.1, 0.15) is 5.82 Å². The molecule has 0 unspecified atom stereocenters. The predicted octanol–water partition coefficient (Wildman–Crippen LogP) is 4.60. The quantitative estimate of drug-likeness (QED) is 0.450. The highest BCUT2D eigenvalue weighted by Gasteiger charge is 2.33. The van der Waals surface area contributed by atoms with Crippen molar-refractivity contribution in [2.45, 2.75) is 12.2 Å². The van der Waals surface area contributed by atoms with Gasteiger partial charge in [0.25, 0.3) is 5.91 Å². The summed E-state index contributed by atoms with van der Waals surface area (Å²) in [4.78, 5) is 23.7. The van der Waals surface area contributed by atoms with Crippen LogP contribution in [0.4, 0.5) is 19.0 Å². The number of nitrogens with zero attached hydrogens (tertiary/aromatic N) is 3. The van der Waals surface area contributed by atoms with Crippen molar-refractivity contribution >= 4 is 33.4 Å². The van der Waals surface area contributed by atoms with Gasteiger partial charge in [-0.1, -0.05) is 12.1 Å². The van der Waals surface area contributed by atoms with Gasteiger partial charge in [-0.2, -0.15) is 13.2 Å². The minimum Gasteiger partial charge on any atom is -0.383 e. The summed E-state index contributed by atoms with van der Waals surface area (Å²) in [5.74, 6) is 0.147. The Balaban J connectivity index is 1.52. The van der Waals surface area contributed by atoms with E-state index in [9.17, 15) is 18.0 Å². The maximum Gasteiger partial charge on any atom is 0.416 e. The van der Waals surface area contributed by atoms with E-state index in [0.717, 1.165) is 28.3 Å². The fraction of sp³-hybridized carbons (Fsp3) is 0.208. The minimum atomic E-state index is -4.42. The van der Waals surface area contributed by atoms with Crippen LogP contribution in [0.2, 0.25) is 0 Å². The maximum absolute atomic E-state index is 13.5. The first-order valence-corrected chi connectivity index (χ1v) is 10.3. The number of hydrogen-bond donors (Lipinski definition) is 1. The number of carbonyl (C=O) groups is 1. The Kier molecular flexibility index (Phi) is 5.13. The predicted molar refractivity (Wildman–Crippen MR) is 117 cm³/mol. The molecule has 2 aromatic carbocycles. The van der Waals surface area contributed by atoms with Gasteiger partial charge in [0, 0.05) is 40.7 Å². The summed E-state index contributed by atoms with van der Waals surface area (Å²) in [6.07, 6.45) is -1.11. The first-order chi connectivity index (χ1) is 15.8.